The first-order valence-corrected chi connectivity index (χ1v) is 7.79. The van der Waals surface area contributed by atoms with Gasteiger partial charge >= 0.3 is 0 Å². The van der Waals surface area contributed by atoms with Crippen LogP contribution in [0.3, 0.4) is 0 Å². The fourth-order valence-electron chi connectivity index (χ4n) is 2.28. The van der Waals surface area contributed by atoms with Crippen LogP contribution in [0, 0.1) is 5.82 Å². The molecule has 1 atom stereocenters. The van der Waals surface area contributed by atoms with E-state index in [0.717, 1.165) is 12.1 Å². The minimum atomic E-state index is -1.44. The highest BCUT2D eigenvalue weighted by atomic mass is 35.5. The minimum absolute atomic E-state index is 0.0799. The number of aliphatic hydroxyl groups is 1. The zero-order valence-electron chi connectivity index (χ0n) is 12.9. The van der Waals surface area contributed by atoms with Gasteiger partial charge < -0.3 is 9.84 Å². The van der Waals surface area contributed by atoms with E-state index in [1.54, 1.807) is 42.5 Å². The Bertz CT molecular complexity index is 902. The minimum Gasteiger partial charge on any atom is -0.453 e. The molecule has 3 rings (SSSR count). The van der Waals surface area contributed by atoms with Crippen LogP contribution in [0.25, 0.3) is 0 Å². The van der Waals surface area contributed by atoms with E-state index in [2.05, 4.69) is 4.98 Å². The third kappa shape index (κ3) is 3.84. The van der Waals surface area contributed by atoms with E-state index in [9.17, 15) is 14.3 Å². The van der Waals surface area contributed by atoms with Gasteiger partial charge in [0, 0.05) is 6.20 Å². The monoisotopic (exact) mass is 357 g/mol. The molecule has 0 bridgehead atoms. The molecule has 4 nitrogen and oxygen atoms in total. The van der Waals surface area contributed by atoms with Crippen LogP contribution < -0.4 is 4.74 Å². The molecule has 0 aliphatic carbocycles. The van der Waals surface area contributed by atoms with Gasteiger partial charge in [0.2, 0.25) is 0 Å². The third-order valence-electron chi connectivity index (χ3n) is 3.52. The molecule has 0 aliphatic heterocycles. The van der Waals surface area contributed by atoms with E-state index in [0.29, 0.717) is 5.56 Å². The molecule has 2 aromatic carbocycles. The van der Waals surface area contributed by atoms with Crippen LogP contribution in [-0.4, -0.2) is 15.9 Å². The van der Waals surface area contributed by atoms with E-state index in [1.165, 1.54) is 12.3 Å². The van der Waals surface area contributed by atoms with Crippen molar-refractivity contribution >= 4 is 17.4 Å². The molecule has 0 fully saturated rings. The van der Waals surface area contributed by atoms with E-state index >= 15 is 0 Å². The number of pyridine rings is 1. The summed E-state index contributed by atoms with van der Waals surface area (Å²) >= 11 is 5.95. The van der Waals surface area contributed by atoms with Crippen molar-refractivity contribution in [2.45, 2.75) is 6.10 Å². The Hall–Kier alpha value is -2.76. The van der Waals surface area contributed by atoms with Crippen molar-refractivity contribution in [2.24, 2.45) is 0 Å². The normalized spacial score (nSPS) is 11.8. The van der Waals surface area contributed by atoms with E-state index in [-0.39, 0.29) is 22.2 Å². The number of rotatable bonds is 5. The summed E-state index contributed by atoms with van der Waals surface area (Å²) in [5, 5.41) is 10.4. The number of benzene rings is 2. The second kappa shape index (κ2) is 7.42. The van der Waals surface area contributed by atoms with Gasteiger partial charge in [-0.05, 0) is 35.9 Å². The Balaban J connectivity index is 1.97. The lowest BCUT2D eigenvalue weighted by atomic mass is 9.99. The summed E-state index contributed by atoms with van der Waals surface area (Å²) in [7, 11) is 0. The van der Waals surface area contributed by atoms with Crippen LogP contribution >= 0.6 is 11.6 Å². The summed E-state index contributed by atoms with van der Waals surface area (Å²) in [6.07, 6.45) is 0.0557. The first kappa shape index (κ1) is 17.1. The zero-order valence-corrected chi connectivity index (χ0v) is 13.7. The van der Waals surface area contributed by atoms with E-state index in [4.69, 9.17) is 16.3 Å². The second-order valence-corrected chi connectivity index (χ2v) is 5.57. The van der Waals surface area contributed by atoms with Gasteiger partial charge in [-0.15, -0.1) is 0 Å². The number of aromatic nitrogens is 1. The Labute approximate surface area is 148 Å². The van der Waals surface area contributed by atoms with E-state index in [1.807, 2.05) is 0 Å². The Morgan fingerprint density at radius 3 is 2.56 bits per heavy atom. The maximum atomic E-state index is 13.7. The standard InChI is InChI=1S/C19H13ClFNO3/c20-19-16(7-4-10-22-19)25-15-9-8-13(21)11-14(15)18(24)17(23)12-5-2-1-3-6-12/h1-11,17,23H. The van der Waals surface area contributed by atoms with Gasteiger partial charge in [-0.1, -0.05) is 41.9 Å². The lowest BCUT2D eigenvalue weighted by molar-refractivity contribution is 0.0744. The predicted octanol–water partition coefficient (Wildman–Crippen LogP) is 4.58. The van der Waals surface area contributed by atoms with Crippen LogP contribution in [0.5, 0.6) is 11.5 Å². The molecule has 0 saturated carbocycles. The summed E-state index contributed by atoms with van der Waals surface area (Å²) in [5.74, 6) is -0.996. The number of halogens is 2. The van der Waals surface area contributed by atoms with Gasteiger partial charge in [-0.3, -0.25) is 4.79 Å². The van der Waals surface area contributed by atoms with E-state index < -0.39 is 17.7 Å². The molecule has 1 aromatic heterocycles. The number of carbonyl (C=O) groups excluding carboxylic acids is 1. The molecule has 0 saturated heterocycles. The first-order chi connectivity index (χ1) is 12.1. The largest absolute Gasteiger partial charge is 0.453 e. The summed E-state index contributed by atoms with van der Waals surface area (Å²) < 4.78 is 19.3. The van der Waals surface area contributed by atoms with Crippen molar-refractivity contribution in [1.29, 1.82) is 0 Å². The van der Waals surface area contributed by atoms with Crippen LogP contribution in [-0.2, 0) is 0 Å². The lowest BCUT2D eigenvalue weighted by Gasteiger charge is -2.14. The number of hydrogen-bond acceptors (Lipinski definition) is 4. The van der Waals surface area contributed by atoms with Crippen molar-refractivity contribution in [2.75, 3.05) is 0 Å². The van der Waals surface area contributed by atoms with Gasteiger partial charge in [0.05, 0.1) is 5.56 Å². The summed E-state index contributed by atoms with van der Waals surface area (Å²) in [6.45, 7) is 0. The topological polar surface area (TPSA) is 59.4 Å². The molecule has 1 N–H and O–H groups in total. The number of ether oxygens (including phenoxy) is 1. The molecule has 0 aliphatic rings. The second-order valence-electron chi connectivity index (χ2n) is 5.21. The quantitative estimate of drug-likeness (QED) is 0.536. The Kier molecular flexibility index (Phi) is 5.07. The molecular weight excluding hydrogens is 345 g/mol. The summed E-state index contributed by atoms with van der Waals surface area (Å²) in [5.41, 5.74) is 0.318. The number of ketones is 1. The van der Waals surface area contributed by atoms with Gasteiger partial charge in [0.15, 0.2) is 16.7 Å². The highest BCUT2D eigenvalue weighted by Gasteiger charge is 2.23. The van der Waals surface area contributed by atoms with Gasteiger partial charge in [-0.25, -0.2) is 9.37 Å². The number of hydrogen-bond donors (Lipinski definition) is 1. The van der Waals surface area contributed by atoms with Gasteiger partial charge in [0.25, 0.3) is 0 Å². The van der Waals surface area contributed by atoms with Crippen molar-refractivity contribution in [3.8, 4) is 11.5 Å². The highest BCUT2D eigenvalue weighted by molar-refractivity contribution is 6.30. The van der Waals surface area contributed by atoms with Crippen LogP contribution in [0.15, 0.2) is 66.9 Å². The Morgan fingerprint density at radius 1 is 1.08 bits per heavy atom. The van der Waals surface area contributed by atoms with Crippen molar-refractivity contribution in [3.05, 3.63) is 89.0 Å². The fourth-order valence-corrected chi connectivity index (χ4v) is 2.44. The molecular formula is C19H13ClFNO3. The average molecular weight is 358 g/mol. The molecule has 1 heterocycles. The van der Waals surface area contributed by atoms with Gasteiger partial charge in [0.1, 0.15) is 17.7 Å². The van der Waals surface area contributed by atoms with Crippen LogP contribution in [0.1, 0.15) is 22.0 Å². The smallest absolute Gasteiger partial charge is 0.199 e. The molecule has 6 heteroatoms. The lowest BCUT2D eigenvalue weighted by Crippen LogP contribution is -2.13. The highest BCUT2D eigenvalue weighted by Crippen LogP contribution is 2.32. The first-order valence-electron chi connectivity index (χ1n) is 7.41. The van der Waals surface area contributed by atoms with Crippen LogP contribution in [0.4, 0.5) is 4.39 Å². The Morgan fingerprint density at radius 2 is 1.84 bits per heavy atom. The molecule has 1 unspecified atom stereocenters. The van der Waals surface area contributed by atoms with Crippen molar-refractivity contribution < 1.29 is 19.0 Å². The van der Waals surface area contributed by atoms with Crippen LogP contribution in [0.2, 0.25) is 5.15 Å². The predicted molar refractivity (Wildman–Crippen MR) is 91.5 cm³/mol. The number of nitrogens with zero attached hydrogens (tertiary/aromatic N) is 1. The summed E-state index contributed by atoms with van der Waals surface area (Å²) in [4.78, 5) is 16.5. The molecule has 0 amide bonds. The zero-order chi connectivity index (χ0) is 17.8. The molecule has 126 valence electrons. The summed E-state index contributed by atoms with van der Waals surface area (Å²) in [6, 6.07) is 15.1. The van der Waals surface area contributed by atoms with Gasteiger partial charge in [-0.2, -0.15) is 0 Å². The average Bonchev–Trinajstić information content (AvgIpc) is 2.64. The molecule has 3 aromatic rings. The van der Waals surface area contributed by atoms with Crippen molar-refractivity contribution in [1.82, 2.24) is 4.98 Å². The number of carbonyl (C=O) groups is 1. The molecule has 0 spiro atoms. The maximum absolute atomic E-state index is 13.7. The molecule has 0 radical (unpaired) electrons. The maximum Gasteiger partial charge on any atom is 0.199 e. The fraction of sp³-hybridized carbons (Fsp3) is 0.0526. The number of Topliss-reactive ketones (excluding diaryl/α,β-unsaturated/α-hetero) is 1. The molecule has 25 heavy (non-hydrogen) atoms. The third-order valence-corrected chi connectivity index (χ3v) is 3.80. The number of aliphatic hydroxyl groups excluding tert-OH is 1. The SMILES string of the molecule is O=C(c1cc(F)ccc1Oc1cccnc1Cl)C(O)c1ccccc1. The van der Waals surface area contributed by atoms with Crippen molar-refractivity contribution in [3.63, 3.8) is 0 Å².